The first-order valence-corrected chi connectivity index (χ1v) is 5.12. The summed E-state index contributed by atoms with van der Waals surface area (Å²) in [4.78, 5) is 0. The molecule has 1 rings (SSSR count). The van der Waals surface area contributed by atoms with Gasteiger partial charge < -0.3 is 4.74 Å². The van der Waals surface area contributed by atoms with E-state index < -0.39 is 0 Å². The molecule has 0 heterocycles. The van der Waals surface area contributed by atoms with Gasteiger partial charge in [-0.2, -0.15) is 0 Å². The highest BCUT2D eigenvalue weighted by atomic mass is 32.2. The van der Waals surface area contributed by atoms with Crippen molar-refractivity contribution in [2.45, 2.75) is 6.92 Å². The van der Waals surface area contributed by atoms with Gasteiger partial charge >= 0.3 is 0 Å². The van der Waals surface area contributed by atoms with Gasteiger partial charge in [0.15, 0.2) is 0 Å². The lowest BCUT2D eigenvalue weighted by molar-refractivity contribution is 0.579. The molecule has 0 unspecified atom stereocenters. The predicted octanol–water partition coefficient (Wildman–Crippen LogP) is 3.10. The van der Waals surface area contributed by atoms with Crippen LogP contribution in [0.5, 0.6) is 5.75 Å². The van der Waals surface area contributed by atoms with Gasteiger partial charge in [0.05, 0.1) is 0 Å². The molecule has 0 bridgehead atoms. The van der Waals surface area contributed by atoms with Gasteiger partial charge in [-0.1, -0.05) is 36.9 Å². The molecule has 0 aliphatic rings. The van der Waals surface area contributed by atoms with Gasteiger partial charge in [0.1, 0.15) is 5.75 Å². The monoisotopic (exact) mass is 198 g/mol. The molecular formula is C9H10OS2. The molecule has 3 heteroatoms. The molecular weight excluding hydrogens is 188 g/mol. The van der Waals surface area contributed by atoms with E-state index in [4.69, 9.17) is 17.0 Å². The lowest BCUT2D eigenvalue weighted by Crippen LogP contribution is -1.99. The Balaban J connectivity index is 2.47. The molecule has 0 aliphatic carbocycles. The van der Waals surface area contributed by atoms with E-state index in [1.54, 1.807) is 0 Å². The zero-order chi connectivity index (χ0) is 8.81. The van der Waals surface area contributed by atoms with Crippen LogP contribution in [-0.2, 0) is 0 Å². The molecule has 0 N–H and O–H groups in total. The maximum absolute atomic E-state index is 5.35. The topological polar surface area (TPSA) is 9.23 Å². The predicted molar refractivity (Wildman–Crippen MR) is 57.8 cm³/mol. The summed E-state index contributed by atoms with van der Waals surface area (Å²) in [6, 6.07) is 9.58. The minimum absolute atomic E-state index is 0.587. The maximum atomic E-state index is 5.35. The third kappa shape index (κ3) is 3.24. The van der Waals surface area contributed by atoms with E-state index in [1.165, 1.54) is 11.8 Å². The molecule has 0 fully saturated rings. The first kappa shape index (κ1) is 9.55. The van der Waals surface area contributed by atoms with Gasteiger partial charge in [0, 0.05) is 0 Å². The van der Waals surface area contributed by atoms with Gasteiger partial charge in [0.2, 0.25) is 4.38 Å². The molecule has 0 saturated carbocycles. The van der Waals surface area contributed by atoms with Gasteiger partial charge in [0.25, 0.3) is 0 Å². The minimum Gasteiger partial charge on any atom is -0.440 e. The third-order valence-electron chi connectivity index (χ3n) is 1.21. The number of para-hydroxylation sites is 1. The van der Waals surface area contributed by atoms with Gasteiger partial charge in [-0.05, 0) is 30.1 Å². The number of rotatable bonds is 2. The van der Waals surface area contributed by atoms with Crippen LogP contribution in [0.4, 0.5) is 0 Å². The summed E-state index contributed by atoms with van der Waals surface area (Å²) in [6.07, 6.45) is 0. The van der Waals surface area contributed by atoms with Crippen molar-refractivity contribution in [1.29, 1.82) is 0 Å². The van der Waals surface area contributed by atoms with Crippen molar-refractivity contribution in [2.24, 2.45) is 0 Å². The smallest absolute Gasteiger partial charge is 0.225 e. The average Bonchev–Trinajstić information content (AvgIpc) is 2.06. The highest BCUT2D eigenvalue weighted by Crippen LogP contribution is 2.13. The summed E-state index contributed by atoms with van der Waals surface area (Å²) in [5, 5.41) is 0. The second kappa shape index (κ2) is 5.17. The van der Waals surface area contributed by atoms with E-state index >= 15 is 0 Å². The van der Waals surface area contributed by atoms with Crippen LogP contribution in [0.3, 0.4) is 0 Å². The molecule has 0 aliphatic heterocycles. The van der Waals surface area contributed by atoms with Gasteiger partial charge in [-0.3, -0.25) is 0 Å². The van der Waals surface area contributed by atoms with Crippen LogP contribution in [0.25, 0.3) is 0 Å². The Hall–Kier alpha value is -0.540. The summed E-state index contributed by atoms with van der Waals surface area (Å²) in [5.41, 5.74) is 0. The normalized spacial score (nSPS) is 9.42. The average molecular weight is 198 g/mol. The molecule has 0 spiro atoms. The van der Waals surface area contributed by atoms with E-state index in [1.807, 2.05) is 37.3 Å². The standard InChI is InChI=1S/C9H10OS2/c1-2-12-9(11)10-8-6-4-3-5-7-8/h3-7H,2H2,1H3. The Labute approximate surface area is 82.1 Å². The van der Waals surface area contributed by atoms with Crippen LogP contribution in [0.15, 0.2) is 30.3 Å². The van der Waals surface area contributed by atoms with Crippen LogP contribution < -0.4 is 4.74 Å². The van der Waals surface area contributed by atoms with E-state index in [9.17, 15) is 0 Å². The molecule has 0 amide bonds. The molecule has 1 aromatic rings. The summed E-state index contributed by atoms with van der Waals surface area (Å²) >= 11 is 6.51. The van der Waals surface area contributed by atoms with Crippen LogP contribution in [0, 0.1) is 0 Å². The number of thiocarbonyl (C=S) groups is 1. The molecule has 0 saturated heterocycles. The largest absolute Gasteiger partial charge is 0.440 e. The van der Waals surface area contributed by atoms with E-state index in [0.717, 1.165) is 11.5 Å². The SMILES string of the molecule is CCSC(=S)Oc1ccccc1. The van der Waals surface area contributed by atoms with Crippen LogP contribution in [0.1, 0.15) is 6.92 Å². The lowest BCUT2D eigenvalue weighted by atomic mass is 10.3. The molecule has 0 atom stereocenters. The summed E-state index contributed by atoms with van der Waals surface area (Å²) < 4.78 is 5.94. The molecule has 1 aromatic carbocycles. The molecule has 64 valence electrons. The van der Waals surface area contributed by atoms with Crippen molar-refractivity contribution in [3.63, 3.8) is 0 Å². The summed E-state index contributed by atoms with van der Waals surface area (Å²) in [7, 11) is 0. The van der Waals surface area contributed by atoms with Crippen LogP contribution in [-0.4, -0.2) is 10.1 Å². The molecule has 0 aromatic heterocycles. The highest BCUT2D eigenvalue weighted by molar-refractivity contribution is 8.22. The molecule has 1 nitrogen and oxygen atoms in total. The first-order valence-electron chi connectivity index (χ1n) is 3.72. The maximum Gasteiger partial charge on any atom is 0.225 e. The van der Waals surface area contributed by atoms with Crippen molar-refractivity contribution >= 4 is 28.4 Å². The fourth-order valence-electron chi connectivity index (χ4n) is 0.732. The minimum atomic E-state index is 0.587. The van der Waals surface area contributed by atoms with Crippen molar-refractivity contribution in [1.82, 2.24) is 0 Å². The number of hydrogen-bond donors (Lipinski definition) is 0. The zero-order valence-corrected chi connectivity index (χ0v) is 8.45. The Kier molecular flexibility index (Phi) is 4.11. The van der Waals surface area contributed by atoms with E-state index in [0.29, 0.717) is 4.38 Å². The first-order chi connectivity index (χ1) is 5.83. The highest BCUT2D eigenvalue weighted by Gasteiger charge is 1.97. The number of ether oxygens (including phenoxy) is 1. The van der Waals surface area contributed by atoms with Crippen molar-refractivity contribution < 1.29 is 4.74 Å². The lowest BCUT2D eigenvalue weighted by Gasteiger charge is -2.03. The number of hydrogen-bond acceptors (Lipinski definition) is 3. The second-order valence-electron chi connectivity index (χ2n) is 2.10. The van der Waals surface area contributed by atoms with E-state index in [2.05, 4.69) is 0 Å². The fourth-order valence-corrected chi connectivity index (χ4v) is 1.57. The number of thioether (sulfide) groups is 1. The van der Waals surface area contributed by atoms with Crippen molar-refractivity contribution in [3.8, 4) is 5.75 Å². The number of benzene rings is 1. The Morgan fingerprint density at radius 1 is 1.42 bits per heavy atom. The third-order valence-corrected chi connectivity index (χ3v) is 2.25. The van der Waals surface area contributed by atoms with E-state index in [-0.39, 0.29) is 0 Å². The second-order valence-corrected chi connectivity index (χ2v) is 3.96. The zero-order valence-electron chi connectivity index (χ0n) is 6.82. The van der Waals surface area contributed by atoms with Gasteiger partial charge in [-0.15, -0.1) is 0 Å². The molecule has 0 radical (unpaired) electrons. The van der Waals surface area contributed by atoms with Crippen LogP contribution in [0.2, 0.25) is 0 Å². The van der Waals surface area contributed by atoms with Crippen LogP contribution >= 0.6 is 24.0 Å². The van der Waals surface area contributed by atoms with Crippen molar-refractivity contribution in [2.75, 3.05) is 5.75 Å². The molecule has 12 heavy (non-hydrogen) atoms. The Morgan fingerprint density at radius 3 is 2.67 bits per heavy atom. The fraction of sp³-hybridized carbons (Fsp3) is 0.222. The Morgan fingerprint density at radius 2 is 2.08 bits per heavy atom. The Bertz CT molecular complexity index is 246. The summed E-state index contributed by atoms with van der Waals surface area (Å²) in [6.45, 7) is 2.05. The van der Waals surface area contributed by atoms with Crippen molar-refractivity contribution in [3.05, 3.63) is 30.3 Å². The van der Waals surface area contributed by atoms with Gasteiger partial charge in [-0.25, -0.2) is 0 Å². The summed E-state index contributed by atoms with van der Waals surface area (Å²) in [5.74, 6) is 1.76. The quantitative estimate of drug-likeness (QED) is 0.676.